The molecule has 3 rings (SSSR count). The zero-order valence-electron chi connectivity index (χ0n) is 12.7. The highest BCUT2D eigenvalue weighted by Gasteiger charge is 2.14. The van der Waals surface area contributed by atoms with Crippen LogP contribution in [0.25, 0.3) is 16.5 Å². The molecule has 0 bridgehead atoms. The first kappa shape index (κ1) is 14.7. The summed E-state index contributed by atoms with van der Waals surface area (Å²) in [7, 11) is 3.09. The van der Waals surface area contributed by atoms with Gasteiger partial charge >= 0.3 is 0 Å². The van der Waals surface area contributed by atoms with Crippen LogP contribution in [-0.2, 0) is 0 Å². The fraction of sp³-hybridized carbons (Fsp3) is 0.111. The van der Waals surface area contributed by atoms with Crippen LogP contribution in [0.15, 0.2) is 53.3 Å². The van der Waals surface area contributed by atoms with Gasteiger partial charge in [-0.25, -0.2) is 4.57 Å². The van der Waals surface area contributed by atoms with Crippen LogP contribution in [0.2, 0.25) is 0 Å². The maximum atomic E-state index is 12.9. The average molecular weight is 306 g/mol. The Labute approximate surface area is 132 Å². The number of rotatable bonds is 3. The number of nitriles is 1. The van der Waals surface area contributed by atoms with E-state index < -0.39 is 0 Å². The van der Waals surface area contributed by atoms with Gasteiger partial charge in [0.25, 0.3) is 5.56 Å². The summed E-state index contributed by atoms with van der Waals surface area (Å²) in [6.45, 7) is 0. The van der Waals surface area contributed by atoms with E-state index in [1.165, 1.54) is 11.7 Å². The minimum absolute atomic E-state index is 0.290. The molecule has 0 atom stereocenters. The third-order valence-corrected chi connectivity index (χ3v) is 3.67. The first-order valence-electron chi connectivity index (χ1n) is 6.97. The molecule has 0 aliphatic carbocycles. The van der Waals surface area contributed by atoms with Crippen molar-refractivity contribution in [3.63, 3.8) is 0 Å². The lowest BCUT2D eigenvalue weighted by atomic mass is 10.1. The van der Waals surface area contributed by atoms with Gasteiger partial charge in [0.15, 0.2) is 0 Å². The van der Waals surface area contributed by atoms with Crippen molar-refractivity contribution in [1.29, 1.82) is 5.26 Å². The number of nitrogens with zero attached hydrogens (tertiary/aromatic N) is 2. The summed E-state index contributed by atoms with van der Waals surface area (Å²) in [5.74, 6) is 1.10. The maximum Gasteiger partial charge on any atom is 0.267 e. The Morgan fingerprint density at radius 1 is 1.04 bits per heavy atom. The van der Waals surface area contributed by atoms with Crippen LogP contribution in [-0.4, -0.2) is 18.8 Å². The molecule has 0 amide bonds. The third-order valence-electron chi connectivity index (χ3n) is 3.67. The van der Waals surface area contributed by atoms with E-state index in [0.29, 0.717) is 33.7 Å². The van der Waals surface area contributed by atoms with E-state index in [-0.39, 0.29) is 5.56 Å². The highest BCUT2D eigenvalue weighted by atomic mass is 16.5. The Bertz CT molecular complexity index is 966. The fourth-order valence-corrected chi connectivity index (χ4v) is 2.56. The van der Waals surface area contributed by atoms with Crippen molar-refractivity contribution in [2.24, 2.45) is 0 Å². The van der Waals surface area contributed by atoms with Crippen LogP contribution in [0, 0.1) is 11.3 Å². The molecule has 23 heavy (non-hydrogen) atoms. The van der Waals surface area contributed by atoms with E-state index in [1.807, 2.05) is 0 Å². The molecule has 0 aliphatic heterocycles. The predicted octanol–water partition coefficient (Wildman–Crippen LogP) is 2.88. The Balaban J connectivity index is 2.37. The Kier molecular flexibility index (Phi) is 3.73. The normalized spacial score (nSPS) is 10.3. The molecule has 0 unspecified atom stereocenters. The summed E-state index contributed by atoms with van der Waals surface area (Å²) < 4.78 is 12.0. The Hall–Kier alpha value is -3.26. The number of hydrogen-bond acceptors (Lipinski definition) is 4. The van der Waals surface area contributed by atoms with Gasteiger partial charge in [0.1, 0.15) is 5.75 Å². The van der Waals surface area contributed by atoms with Crippen molar-refractivity contribution in [1.82, 2.24) is 4.57 Å². The molecule has 5 nitrogen and oxygen atoms in total. The van der Waals surface area contributed by atoms with Crippen molar-refractivity contribution >= 4 is 10.8 Å². The summed E-state index contributed by atoms with van der Waals surface area (Å²) in [6, 6.07) is 16.1. The van der Waals surface area contributed by atoms with Crippen LogP contribution in [0.3, 0.4) is 0 Å². The van der Waals surface area contributed by atoms with Crippen LogP contribution < -0.4 is 15.0 Å². The second-order valence-corrected chi connectivity index (χ2v) is 4.91. The monoisotopic (exact) mass is 306 g/mol. The summed E-state index contributed by atoms with van der Waals surface area (Å²) in [5, 5.41) is 10.3. The zero-order valence-corrected chi connectivity index (χ0v) is 12.7. The van der Waals surface area contributed by atoms with E-state index in [9.17, 15) is 10.1 Å². The van der Waals surface area contributed by atoms with Crippen LogP contribution in [0.4, 0.5) is 0 Å². The van der Waals surface area contributed by atoms with Gasteiger partial charge in [-0.2, -0.15) is 5.26 Å². The van der Waals surface area contributed by atoms with Gasteiger partial charge in [0.05, 0.1) is 36.9 Å². The first-order chi connectivity index (χ1) is 11.2. The van der Waals surface area contributed by atoms with E-state index in [2.05, 4.69) is 6.07 Å². The molecule has 1 aromatic heterocycles. The van der Waals surface area contributed by atoms with Gasteiger partial charge in [-0.15, -0.1) is 0 Å². The Morgan fingerprint density at radius 3 is 2.39 bits per heavy atom. The quantitative estimate of drug-likeness (QED) is 0.746. The fourth-order valence-electron chi connectivity index (χ4n) is 2.56. The van der Waals surface area contributed by atoms with Crippen LogP contribution in [0.1, 0.15) is 5.56 Å². The molecular formula is C18H14N2O3. The molecule has 2 aromatic carbocycles. The minimum Gasteiger partial charge on any atom is -0.497 e. The highest BCUT2D eigenvalue weighted by Crippen LogP contribution is 2.24. The lowest BCUT2D eigenvalue weighted by Gasteiger charge is -2.14. The van der Waals surface area contributed by atoms with Gasteiger partial charge in [-0.3, -0.25) is 4.79 Å². The molecule has 0 fully saturated rings. The van der Waals surface area contributed by atoms with E-state index in [4.69, 9.17) is 9.47 Å². The lowest BCUT2D eigenvalue weighted by Crippen LogP contribution is -2.20. The molecule has 114 valence electrons. The predicted molar refractivity (Wildman–Crippen MR) is 87.4 cm³/mol. The summed E-state index contributed by atoms with van der Waals surface area (Å²) in [4.78, 5) is 12.9. The van der Waals surface area contributed by atoms with Crippen molar-refractivity contribution in [3.8, 4) is 23.4 Å². The van der Waals surface area contributed by atoms with Crippen molar-refractivity contribution in [2.75, 3.05) is 14.2 Å². The van der Waals surface area contributed by atoms with Crippen molar-refractivity contribution in [3.05, 3.63) is 64.4 Å². The van der Waals surface area contributed by atoms with Gasteiger partial charge < -0.3 is 9.47 Å². The highest BCUT2D eigenvalue weighted by molar-refractivity contribution is 5.88. The standard InChI is InChI=1S/C18H14N2O3/c1-22-15-8-6-14(7-9-15)20-16(23-2)10-12-4-3-5-13(11-19)17(12)18(20)21/h3-10H,1-2H3. The van der Waals surface area contributed by atoms with Gasteiger partial charge in [0.2, 0.25) is 5.88 Å². The van der Waals surface area contributed by atoms with E-state index in [0.717, 1.165) is 0 Å². The number of aromatic nitrogens is 1. The number of methoxy groups -OCH3 is 2. The molecule has 0 N–H and O–H groups in total. The van der Waals surface area contributed by atoms with E-state index >= 15 is 0 Å². The van der Waals surface area contributed by atoms with E-state index in [1.54, 1.807) is 55.6 Å². The van der Waals surface area contributed by atoms with Crippen molar-refractivity contribution < 1.29 is 9.47 Å². The molecule has 3 aromatic rings. The smallest absolute Gasteiger partial charge is 0.267 e. The lowest BCUT2D eigenvalue weighted by molar-refractivity contribution is 0.385. The summed E-state index contributed by atoms with van der Waals surface area (Å²) >= 11 is 0. The Morgan fingerprint density at radius 2 is 1.78 bits per heavy atom. The summed E-state index contributed by atoms with van der Waals surface area (Å²) in [6.07, 6.45) is 0. The van der Waals surface area contributed by atoms with Crippen LogP contribution in [0.5, 0.6) is 11.6 Å². The number of benzene rings is 2. The SMILES string of the molecule is COc1ccc(-n2c(OC)cc3cccc(C#N)c3c2=O)cc1. The van der Waals surface area contributed by atoms with Gasteiger partial charge in [0, 0.05) is 6.07 Å². The molecule has 0 saturated carbocycles. The van der Waals surface area contributed by atoms with Gasteiger partial charge in [-0.05, 0) is 35.7 Å². The second kappa shape index (κ2) is 5.85. The molecule has 0 spiro atoms. The first-order valence-corrected chi connectivity index (χ1v) is 6.97. The number of pyridine rings is 1. The second-order valence-electron chi connectivity index (χ2n) is 4.91. The third kappa shape index (κ3) is 2.40. The number of hydrogen-bond donors (Lipinski definition) is 0. The van der Waals surface area contributed by atoms with Crippen molar-refractivity contribution in [2.45, 2.75) is 0 Å². The largest absolute Gasteiger partial charge is 0.497 e. The molecular weight excluding hydrogens is 292 g/mol. The maximum absolute atomic E-state index is 12.9. The number of ether oxygens (including phenoxy) is 2. The molecule has 0 radical (unpaired) electrons. The molecule has 5 heteroatoms. The molecule has 0 aliphatic rings. The minimum atomic E-state index is -0.290. The number of fused-ring (bicyclic) bond motifs is 1. The van der Waals surface area contributed by atoms with Crippen LogP contribution >= 0.6 is 0 Å². The average Bonchev–Trinajstić information content (AvgIpc) is 2.61. The topological polar surface area (TPSA) is 64.2 Å². The zero-order chi connectivity index (χ0) is 16.4. The molecule has 0 saturated heterocycles. The summed E-state index contributed by atoms with van der Waals surface area (Å²) in [5.41, 5.74) is 0.696. The van der Waals surface area contributed by atoms with Gasteiger partial charge in [-0.1, -0.05) is 12.1 Å². The molecule has 1 heterocycles.